The van der Waals surface area contributed by atoms with Crippen molar-refractivity contribution in [1.82, 2.24) is 0 Å². The van der Waals surface area contributed by atoms with Gasteiger partial charge in [0, 0.05) is 0 Å². The van der Waals surface area contributed by atoms with Crippen molar-refractivity contribution < 1.29 is 26.4 Å². The number of allylic oxidation sites excluding steroid dienone is 4. The summed E-state index contributed by atoms with van der Waals surface area (Å²) < 4.78 is 19.5. The van der Waals surface area contributed by atoms with Crippen LogP contribution in [0.1, 0.15) is 12.0 Å². The molecular formula is C21H19F2PTi-2. The third-order valence-corrected chi connectivity index (χ3v) is 5.16. The van der Waals surface area contributed by atoms with Crippen LogP contribution in [0.4, 0.5) is 6.18 Å². The second-order valence-electron chi connectivity index (χ2n) is 5.36. The van der Waals surface area contributed by atoms with E-state index in [-0.39, 0.29) is 0 Å². The zero-order chi connectivity index (χ0) is 17.9. The molecule has 0 spiro atoms. The van der Waals surface area contributed by atoms with E-state index in [9.17, 15) is 6.18 Å². The summed E-state index contributed by atoms with van der Waals surface area (Å²) in [6, 6.07) is 21.7. The Hall–Kier alpha value is -1.47. The van der Waals surface area contributed by atoms with Crippen LogP contribution in [0.15, 0.2) is 78.9 Å². The molecule has 0 fully saturated rings. The number of hydrogen-bond donors (Lipinski definition) is 0. The minimum absolute atomic E-state index is 0.754. The van der Waals surface area contributed by atoms with E-state index in [0.717, 1.165) is 15.0 Å². The van der Waals surface area contributed by atoms with Gasteiger partial charge in [0.05, 0.1) is 0 Å². The molecule has 4 heteroatoms. The van der Waals surface area contributed by atoms with Gasteiger partial charge in [-0.3, -0.25) is 6.08 Å². The zero-order valence-electron chi connectivity index (χ0n) is 14.0. The monoisotopic (exact) mass is 388 g/mol. The third-order valence-electron chi connectivity index (χ3n) is 3.63. The van der Waals surface area contributed by atoms with Gasteiger partial charge >= 0.3 is 26.4 Å². The molecule has 0 nitrogen and oxygen atoms in total. The molecule has 0 amide bonds. The SMILES string of the molecule is Cc1[cH-]c2ccccc2c1Pc1ccccc1.[C-]1=CC=CC1.[F][Ti][F]. The zero-order valence-corrected chi connectivity index (χ0v) is 16.5. The Morgan fingerprint density at radius 2 is 1.72 bits per heavy atom. The predicted octanol–water partition coefficient (Wildman–Crippen LogP) is 5.64. The molecule has 128 valence electrons. The molecule has 1 aliphatic carbocycles. The number of rotatable bonds is 2. The topological polar surface area (TPSA) is 0 Å². The number of hydrogen-bond acceptors (Lipinski definition) is 0. The molecule has 25 heavy (non-hydrogen) atoms. The van der Waals surface area contributed by atoms with E-state index in [2.05, 4.69) is 79.7 Å². The first-order chi connectivity index (χ1) is 12.3. The van der Waals surface area contributed by atoms with E-state index in [1.165, 1.54) is 26.9 Å². The molecule has 1 aliphatic rings. The van der Waals surface area contributed by atoms with Gasteiger partial charge in [-0.1, -0.05) is 43.3 Å². The van der Waals surface area contributed by atoms with E-state index in [4.69, 9.17) is 0 Å². The Morgan fingerprint density at radius 1 is 1.04 bits per heavy atom. The quantitative estimate of drug-likeness (QED) is 0.303. The molecule has 0 saturated heterocycles. The minimum atomic E-state index is -2.50. The molecule has 1 atom stereocenters. The second-order valence-corrected chi connectivity index (χ2v) is 6.91. The van der Waals surface area contributed by atoms with E-state index >= 15 is 0 Å². The van der Waals surface area contributed by atoms with Gasteiger partial charge in [0.2, 0.25) is 0 Å². The molecule has 0 aliphatic heterocycles. The van der Waals surface area contributed by atoms with Crippen molar-refractivity contribution in [2.45, 2.75) is 13.3 Å². The van der Waals surface area contributed by atoms with Gasteiger partial charge < -0.3 is 0 Å². The molecule has 0 N–H and O–H groups in total. The number of fused-ring (bicyclic) bond motifs is 1. The van der Waals surface area contributed by atoms with Crippen LogP contribution < -0.4 is 10.6 Å². The molecule has 0 radical (unpaired) electrons. The average Bonchev–Trinajstić information content (AvgIpc) is 3.30. The van der Waals surface area contributed by atoms with Crippen molar-refractivity contribution >= 4 is 30.0 Å². The molecule has 0 saturated carbocycles. The Kier molecular flexibility index (Phi) is 8.90. The van der Waals surface area contributed by atoms with Crippen LogP contribution in [0.3, 0.4) is 0 Å². The van der Waals surface area contributed by atoms with E-state index in [1.807, 2.05) is 12.2 Å². The van der Waals surface area contributed by atoms with Crippen molar-refractivity contribution in [3.63, 3.8) is 0 Å². The molecule has 4 rings (SSSR count). The van der Waals surface area contributed by atoms with Gasteiger partial charge in [0.25, 0.3) is 0 Å². The van der Waals surface area contributed by atoms with Crippen LogP contribution in [-0.4, -0.2) is 0 Å². The first kappa shape index (κ1) is 19.9. The van der Waals surface area contributed by atoms with E-state index < -0.39 is 20.2 Å². The summed E-state index contributed by atoms with van der Waals surface area (Å²) in [6.07, 6.45) is 10.0. The summed E-state index contributed by atoms with van der Waals surface area (Å²) in [5, 5.41) is 5.68. The van der Waals surface area contributed by atoms with Gasteiger partial charge in [-0.2, -0.15) is 6.08 Å². The van der Waals surface area contributed by atoms with Crippen LogP contribution >= 0.6 is 8.58 Å². The Balaban J connectivity index is 0.000000235. The van der Waals surface area contributed by atoms with Crippen molar-refractivity contribution in [1.29, 1.82) is 0 Å². The van der Waals surface area contributed by atoms with Crippen LogP contribution in [-0.2, 0) is 20.2 Å². The fourth-order valence-corrected chi connectivity index (χ4v) is 3.82. The third kappa shape index (κ3) is 6.40. The first-order valence-electron chi connectivity index (χ1n) is 7.91. The van der Waals surface area contributed by atoms with Gasteiger partial charge in [-0.25, -0.2) is 12.2 Å². The first-order valence-corrected chi connectivity index (χ1v) is 10.1. The molecular weight excluding hydrogens is 369 g/mol. The normalized spacial score (nSPS) is 12.0. The molecule has 1 unspecified atom stereocenters. The number of benzene rings is 2. The maximum atomic E-state index is 9.75. The van der Waals surface area contributed by atoms with Gasteiger partial charge in [0.1, 0.15) is 0 Å². The summed E-state index contributed by atoms with van der Waals surface area (Å²) in [6.45, 7) is 2.21. The summed E-state index contributed by atoms with van der Waals surface area (Å²) in [4.78, 5) is 0. The standard InChI is InChI=1S/C16H14P.C5H5.2FH.Ti/c1-12-11-13-7-5-6-10-15(13)16(12)17-14-8-3-2-4-9-14;1-2-4-5-3-1;;;/h2-11,17H,1H3;1-3H,4H2;2*1H;/q2*-1;;;+2/p-2. The van der Waals surface area contributed by atoms with Crippen molar-refractivity contribution in [2.75, 3.05) is 0 Å². The molecule has 0 aromatic heterocycles. The van der Waals surface area contributed by atoms with Crippen molar-refractivity contribution in [3.8, 4) is 0 Å². The van der Waals surface area contributed by atoms with Gasteiger partial charge in [-0.05, 0) is 5.30 Å². The van der Waals surface area contributed by atoms with Crippen LogP contribution in [0, 0.1) is 13.0 Å². The Bertz CT molecular complexity index is 812. The van der Waals surface area contributed by atoms with Crippen molar-refractivity contribution in [2.24, 2.45) is 0 Å². The molecule has 3 aromatic rings. The van der Waals surface area contributed by atoms with E-state index in [1.54, 1.807) is 0 Å². The number of halogens is 2. The van der Waals surface area contributed by atoms with Gasteiger partial charge in [-0.15, -0.1) is 60.9 Å². The summed E-state index contributed by atoms with van der Waals surface area (Å²) in [7, 11) is 0.754. The number of aryl methyl sites for hydroxylation is 1. The molecule has 0 heterocycles. The maximum absolute atomic E-state index is 9.75. The predicted molar refractivity (Wildman–Crippen MR) is 102 cm³/mol. The summed E-state index contributed by atoms with van der Waals surface area (Å²) >= 11 is -2.50. The Morgan fingerprint density at radius 3 is 2.32 bits per heavy atom. The summed E-state index contributed by atoms with van der Waals surface area (Å²) in [5.74, 6) is 0. The van der Waals surface area contributed by atoms with E-state index in [0.29, 0.717) is 0 Å². The molecule has 0 bridgehead atoms. The summed E-state index contributed by atoms with van der Waals surface area (Å²) in [5.41, 5.74) is 1.41. The average molecular weight is 388 g/mol. The van der Waals surface area contributed by atoms with Gasteiger partial charge in [0.15, 0.2) is 0 Å². The fourth-order valence-electron chi connectivity index (χ4n) is 2.54. The van der Waals surface area contributed by atoms with Crippen molar-refractivity contribution in [3.05, 3.63) is 90.5 Å². The van der Waals surface area contributed by atoms with Crippen LogP contribution in [0.25, 0.3) is 10.8 Å². The fraction of sp³-hybridized carbons (Fsp3) is 0.0952. The van der Waals surface area contributed by atoms with Crippen LogP contribution in [0.2, 0.25) is 0 Å². The second kappa shape index (κ2) is 11.2. The van der Waals surface area contributed by atoms with Crippen LogP contribution in [0.5, 0.6) is 0 Å². The Labute approximate surface area is 160 Å². The molecule has 3 aromatic carbocycles.